The summed E-state index contributed by atoms with van der Waals surface area (Å²) in [5.41, 5.74) is 3.96. The van der Waals surface area contributed by atoms with Gasteiger partial charge in [-0.1, -0.05) is 54.6 Å². The molecule has 0 saturated carbocycles. The zero-order valence-electron chi connectivity index (χ0n) is 13.5. The lowest BCUT2D eigenvalue weighted by Crippen LogP contribution is -2.21. The summed E-state index contributed by atoms with van der Waals surface area (Å²) in [6, 6.07) is 19.2. The summed E-state index contributed by atoms with van der Waals surface area (Å²) in [4.78, 5) is 3.44. The van der Waals surface area contributed by atoms with Gasteiger partial charge in [-0.05, 0) is 44.4 Å². The predicted octanol–water partition coefficient (Wildman–Crippen LogP) is 5.64. The highest BCUT2D eigenvalue weighted by atomic mass is 32.1. The topological polar surface area (TPSA) is 3.24 Å². The van der Waals surface area contributed by atoms with E-state index < -0.39 is 0 Å². The van der Waals surface area contributed by atoms with Gasteiger partial charge in [-0.25, -0.2) is 0 Å². The first-order chi connectivity index (χ1) is 10.6. The van der Waals surface area contributed by atoms with Crippen molar-refractivity contribution in [1.29, 1.82) is 0 Å². The highest BCUT2D eigenvalue weighted by Crippen LogP contribution is 2.30. The molecule has 1 atom stereocenters. The molecule has 2 aromatic rings. The molecule has 0 radical (unpaired) electrons. The third-order valence-electron chi connectivity index (χ3n) is 4.05. The van der Waals surface area contributed by atoms with Crippen LogP contribution in [0, 0.1) is 6.92 Å². The molecule has 1 heterocycles. The van der Waals surface area contributed by atoms with Crippen LogP contribution in [0.4, 0.5) is 0 Å². The smallest absolute Gasteiger partial charge is 0.0511 e. The summed E-state index contributed by atoms with van der Waals surface area (Å²) < 4.78 is 0. The van der Waals surface area contributed by atoms with E-state index in [1.165, 1.54) is 23.2 Å². The second-order valence-corrected chi connectivity index (χ2v) is 6.30. The van der Waals surface area contributed by atoms with Gasteiger partial charge in [0.2, 0.25) is 0 Å². The minimum absolute atomic E-state index is 0.478. The van der Waals surface area contributed by atoms with E-state index in [9.17, 15) is 0 Å². The Kier molecular flexibility index (Phi) is 6.14. The van der Waals surface area contributed by atoms with Gasteiger partial charge in [-0.2, -0.15) is 0 Å². The maximum Gasteiger partial charge on any atom is 0.0511 e. The van der Waals surface area contributed by atoms with Crippen molar-refractivity contribution in [1.82, 2.24) is 4.90 Å². The highest BCUT2D eigenvalue weighted by molar-refractivity contribution is 7.80. The number of likely N-dealkylation sites (tertiary alicyclic amines) is 1. The van der Waals surface area contributed by atoms with Gasteiger partial charge in [0.05, 0.1) is 6.04 Å². The summed E-state index contributed by atoms with van der Waals surface area (Å²) in [5, 5.41) is 0. The fourth-order valence-electron chi connectivity index (χ4n) is 2.68. The van der Waals surface area contributed by atoms with Gasteiger partial charge in [0, 0.05) is 17.1 Å². The lowest BCUT2D eigenvalue weighted by Gasteiger charge is -2.27. The number of allylic oxidation sites excluding steroid dienone is 1. The SMILES string of the molecule is C=C1CCCN1[C@H](C)c1ccccc1.Cc1ccc(S)cc1. The van der Waals surface area contributed by atoms with Gasteiger partial charge >= 0.3 is 0 Å². The molecule has 0 spiro atoms. The first-order valence-corrected chi connectivity index (χ1v) is 8.27. The van der Waals surface area contributed by atoms with Crippen LogP contribution >= 0.6 is 12.6 Å². The molecule has 2 heteroatoms. The van der Waals surface area contributed by atoms with Gasteiger partial charge < -0.3 is 4.90 Å². The van der Waals surface area contributed by atoms with Gasteiger partial charge in [0.15, 0.2) is 0 Å². The van der Waals surface area contributed by atoms with Crippen molar-refractivity contribution < 1.29 is 0 Å². The first kappa shape index (κ1) is 16.7. The quantitative estimate of drug-likeness (QED) is 0.702. The van der Waals surface area contributed by atoms with E-state index in [0.717, 1.165) is 17.9 Å². The molecular formula is C20H25NS. The van der Waals surface area contributed by atoms with E-state index in [-0.39, 0.29) is 0 Å². The number of thiol groups is 1. The largest absolute Gasteiger partial charge is 0.369 e. The van der Waals surface area contributed by atoms with Crippen LogP contribution in [-0.2, 0) is 0 Å². The van der Waals surface area contributed by atoms with Crippen molar-refractivity contribution >= 4 is 12.6 Å². The van der Waals surface area contributed by atoms with Crippen LogP contribution in [0.2, 0.25) is 0 Å². The normalized spacial score (nSPS) is 15.2. The fourth-order valence-corrected chi connectivity index (χ4v) is 2.83. The summed E-state index contributed by atoms with van der Waals surface area (Å²) in [5.74, 6) is 0. The van der Waals surface area contributed by atoms with E-state index in [4.69, 9.17) is 0 Å². The maximum absolute atomic E-state index is 4.13. The van der Waals surface area contributed by atoms with E-state index in [1.54, 1.807) is 0 Å². The minimum atomic E-state index is 0.478. The summed E-state index contributed by atoms with van der Waals surface area (Å²) >= 11 is 4.13. The van der Waals surface area contributed by atoms with Crippen molar-refractivity contribution in [2.24, 2.45) is 0 Å². The third-order valence-corrected chi connectivity index (χ3v) is 4.35. The van der Waals surface area contributed by atoms with Crippen LogP contribution in [0.25, 0.3) is 0 Å². The highest BCUT2D eigenvalue weighted by Gasteiger charge is 2.21. The molecule has 1 nitrogen and oxygen atoms in total. The Morgan fingerprint density at radius 1 is 1.05 bits per heavy atom. The van der Waals surface area contributed by atoms with E-state index in [1.807, 2.05) is 24.3 Å². The molecule has 0 N–H and O–H groups in total. The molecule has 3 rings (SSSR count). The molecule has 22 heavy (non-hydrogen) atoms. The molecular weight excluding hydrogens is 286 g/mol. The molecule has 0 aromatic heterocycles. The van der Waals surface area contributed by atoms with Crippen molar-refractivity contribution in [3.05, 3.63) is 78.0 Å². The molecule has 1 fully saturated rings. The number of hydrogen-bond acceptors (Lipinski definition) is 2. The van der Waals surface area contributed by atoms with Gasteiger partial charge in [-0.15, -0.1) is 12.6 Å². The standard InChI is InChI=1S/C13H17N.C7H8S/c1-11-7-6-10-14(11)12(2)13-8-4-3-5-9-13;1-6-2-4-7(8)5-3-6/h3-5,8-9,12H,1,6-7,10H2,2H3;2-5,8H,1H3/t12-;/m1./s1. The molecule has 0 unspecified atom stereocenters. The third kappa shape index (κ3) is 4.67. The van der Waals surface area contributed by atoms with E-state index >= 15 is 0 Å². The number of nitrogens with zero attached hydrogens (tertiary/aromatic N) is 1. The first-order valence-electron chi connectivity index (χ1n) is 7.83. The van der Waals surface area contributed by atoms with Gasteiger partial charge in [0.25, 0.3) is 0 Å². The fraction of sp³-hybridized carbons (Fsp3) is 0.300. The van der Waals surface area contributed by atoms with Crippen LogP contribution in [0.5, 0.6) is 0 Å². The predicted molar refractivity (Wildman–Crippen MR) is 98.4 cm³/mol. The number of rotatable bonds is 2. The van der Waals surface area contributed by atoms with E-state index in [2.05, 4.69) is 68.3 Å². The summed E-state index contributed by atoms with van der Waals surface area (Å²) in [6.07, 6.45) is 2.42. The minimum Gasteiger partial charge on any atom is -0.369 e. The summed E-state index contributed by atoms with van der Waals surface area (Å²) in [7, 11) is 0. The molecule has 1 aliphatic rings. The number of benzene rings is 2. The Morgan fingerprint density at radius 3 is 2.18 bits per heavy atom. The molecule has 116 valence electrons. The van der Waals surface area contributed by atoms with Gasteiger partial charge in [-0.3, -0.25) is 0 Å². The van der Waals surface area contributed by atoms with Crippen LogP contribution in [0.3, 0.4) is 0 Å². The van der Waals surface area contributed by atoms with Crippen molar-refractivity contribution in [2.45, 2.75) is 37.6 Å². The zero-order chi connectivity index (χ0) is 15.9. The molecule has 0 amide bonds. The molecule has 0 aliphatic carbocycles. The van der Waals surface area contributed by atoms with Gasteiger partial charge in [0.1, 0.15) is 0 Å². The van der Waals surface area contributed by atoms with Crippen LogP contribution < -0.4 is 0 Å². The van der Waals surface area contributed by atoms with Crippen molar-refractivity contribution in [3.63, 3.8) is 0 Å². The average Bonchev–Trinajstić information content (AvgIpc) is 2.97. The monoisotopic (exact) mass is 311 g/mol. The Balaban J connectivity index is 0.000000188. The average molecular weight is 311 g/mol. The van der Waals surface area contributed by atoms with Crippen molar-refractivity contribution in [3.8, 4) is 0 Å². The Morgan fingerprint density at radius 2 is 1.68 bits per heavy atom. The Bertz CT molecular complexity index is 568. The van der Waals surface area contributed by atoms with Crippen LogP contribution in [-0.4, -0.2) is 11.4 Å². The summed E-state index contributed by atoms with van der Waals surface area (Å²) in [6.45, 7) is 9.59. The van der Waals surface area contributed by atoms with E-state index in [0.29, 0.717) is 6.04 Å². The molecule has 1 saturated heterocycles. The molecule has 0 bridgehead atoms. The number of hydrogen-bond donors (Lipinski definition) is 1. The maximum atomic E-state index is 4.13. The van der Waals surface area contributed by atoms with Crippen LogP contribution in [0.1, 0.15) is 36.9 Å². The Labute approximate surface area is 140 Å². The number of aryl methyl sites for hydroxylation is 1. The zero-order valence-corrected chi connectivity index (χ0v) is 14.4. The molecule has 2 aromatic carbocycles. The van der Waals surface area contributed by atoms with Crippen LogP contribution in [0.15, 0.2) is 71.8 Å². The Hall–Kier alpha value is -1.67. The molecule has 1 aliphatic heterocycles. The van der Waals surface area contributed by atoms with Crippen molar-refractivity contribution in [2.75, 3.05) is 6.54 Å². The second kappa shape index (κ2) is 8.09. The lowest BCUT2D eigenvalue weighted by molar-refractivity contribution is 0.311. The second-order valence-electron chi connectivity index (χ2n) is 5.79. The lowest BCUT2D eigenvalue weighted by atomic mass is 10.1.